The number of nitrogens with zero attached hydrogens (tertiary/aromatic N) is 1. The minimum Gasteiger partial charge on any atom is -0.494 e. The maximum absolute atomic E-state index is 12.4. The standard InChI is InChI=1S/C22H21BrN2O7/c1-4-30-15-5-6-17-14(9-15)10-19(32-17)22(27)25-24-11-13-7-16(23)21(18(8-13)28-2)31-12-20(26)29-3/h5-11H,4,12H2,1-3H3,(H,25,27)/b24-11+. The van der Waals surface area contributed by atoms with Gasteiger partial charge in [-0.05, 0) is 64.8 Å². The summed E-state index contributed by atoms with van der Waals surface area (Å²) in [5.41, 5.74) is 3.61. The van der Waals surface area contributed by atoms with E-state index in [1.54, 1.807) is 36.4 Å². The molecule has 3 aromatic rings. The number of nitrogens with one attached hydrogen (secondary N) is 1. The molecule has 0 unspecified atom stereocenters. The van der Waals surface area contributed by atoms with Crippen LogP contribution in [0.3, 0.4) is 0 Å². The molecule has 0 bridgehead atoms. The largest absolute Gasteiger partial charge is 0.494 e. The summed E-state index contributed by atoms with van der Waals surface area (Å²) in [5, 5.41) is 4.72. The maximum Gasteiger partial charge on any atom is 0.343 e. The van der Waals surface area contributed by atoms with Crippen LogP contribution in [-0.2, 0) is 9.53 Å². The fourth-order valence-electron chi connectivity index (χ4n) is 2.75. The molecule has 1 aromatic heterocycles. The molecule has 0 aliphatic carbocycles. The van der Waals surface area contributed by atoms with E-state index in [-0.39, 0.29) is 12.4 Å². The lowest BCUT2D eigenvalue weighted by Gasteiger charge is -2.12. The van der Waals surface area contributed by atoms with Gasteiger partial charge in [-0.25, -0.2) is 10.2 Å². The van der Waals surface area contributed by atoms with Crippen molar-refractivity contribution in [3.63, 3.8) is 0 Å². The van der Waals surface area contributed by atoms with Gasteiger partial charge in [0.25, 0.3) is 0 Å². The van der Waals surface area contributed by atoms with Gasteiger partial charge in [0, 0.05) is 5.39 Å². The molecule has 1 N–H and O–H groups in total. The zero-order chi connectivity index (χ0) is 23.1. The van der Waals surface area contributed by atoms with Crippen LogP contribution >= 0.6 is 15.9 Å². The number of ether oxygens (including phenoxy) is 4. The molecule has 1 heterocycles. The van der Waals surface area contributed by atoms with Crippen molar-refractivity contribution in [3.8, 4) is 17.2 Å². The van der Waals surface area contributed by atoms with Crippen molar-refractivity contribution >= 4 is 45.0 Å². The number of carbonyl (C=O) groups excluding carboxylic acids is 2. The van der Waals surface area contributed by atoms with Gasteiger partial charge in [0.2, 0.25) is 0 Å². The summed E-state index contributed by atoms with van der Waals surface area (Å²) in [6.07, 6.45) is 1.44. The number of hydrogen-bond donors (Lipinski definition) is 1. The first-order valence-electron chi connectivity index (χ1n) is 9.52. The van der Waals surface area contributed by atoms with Gasteiger partial charge in [-0.3, -0.25) is 4.79 Å². The van der Waals surface area contributed by atoms with E-state index in [0.717, 1.165) is 5.39 Å². The summed E-state index contributed by atoms with van der Waals surface area (Å²) in [4.78, 5) is 23.7. The average molecular weight is 505 g/mol. The van der Waals surface area contributed by atoms with Gasteiger partial charge in [-0.15, -0.1) is 0 Å². The van der Waals surface area contributed by atoms with Crippen molar-refractivity contribution in [1.29, 1.82) is 0 Å². The van der Waals surface area contributed by atoms with Crippen molar-refractivity contribution in [2.75, 3.05) is 27.4 Å². The smallest absolute Gasteiger partial charge is 0.343 e. The first kappa shape index (κ1) is 23.1. The lowest BCUT2D eigenvalue weighted by molar-refractivity contribution is -0.142. The molecule has 0 aliphatic heterocycles. The minimum absolute atomic E-state index is 0.121. The zero-order valence-corrected chi connectivity index (χ0v) is 19.2. The number of halogens is 1. The highest BCUT2D eigenvalue weighted by atomic mass is 79.9. The molecule has 0 saturated heterocycles. The molecule has 0 fully saturated rings. The molecule has 0 atom stereocenters. The Morgan fingerprint density at radius 3 is 2.69 bits per heavy atom. The van der Waals surface area contributed by atoms with Gasteiger partial charge in [0.1, 0.15) is 11.3 Å². The predicted molar refractivity (Wildman–Crippen MR) is 121 cm³/mol. The Bertz CT molecular complexity index is 1160. The van der Waals surface area contributed by atoms with Crippen LogP contribution in [0.15, 0.2) is 50.4 Å². The van der Waals surface area contributed by atoms with Crippen molar-refractivity contribution in [2.24, 2.45) is 5.10 Å². The molecule has 0 saturated carbocycles. The SMILES string of the molecule is CCOc1ccc2oc(C(=O)N/N=C/c3cc(Br)c(OCC(=O)OC)c(OC)c3)cc2c1. The van der Waals surface area contributed by atoms with Crippen LogP contribution in [0.1, 0.15) is 23.0 Å². The van der Waals surface area contributed by atoms with E-state index in [1.807, 2.05) is 6.92 Å². The van der Waals surface area contributed by atoms with Gasteiger partial charge in [-0.2, -0.15) is 5.10 Å². The first-order chi connectivity index (χ1) is 15.4. The number of hydrazone groups is 1. The van der Waals surface area contributed by atoms with Gasteiger partial charge in [0.15, 0.2) is 23.9 Å². The number of amides is 1. The van der Waals surface area contributed by atoms with Crippen molar-refractivity contribution in [1.82, 2.24) is 5.43 Å². The highest BCUT2D eigenvalue weighted by Gasteiger charge is 2.14. The van der Waals surface area contributed by atoms with E-state index in [2.05, 4.69) is 31.2 Å². The molecule has 10 heteroatoms. The van der Waals surface area contributed by atoms with Crippen LogP contribution < -0.4 is 19.6 Å². The molecule has 3 rings (SSSR count). The van der Waals surface area contributed by atoms with Gasteiger partial charge < -0.3 is 23.4 Å². The third kappa shape index (κ3) is 5.58. The normalized spacial score (nSPS) is 10.9. The number of methoxy groups -OCH3 is 2. The third-order valence-corrected chi connectivity index (χ3v) is 4.81. The molecule has 168 valence electrons. The quantitative estimate of drug-likeness (QED) is 0.267. The van der Waals surface area contributed by atoms with Crippen LogP contribution in [-0.4, -0.2) is 45.5 Å². The Kier molecular flexibility index (Phi) is 7.72. The Hall–Kier alpha value is -3.53. The highest BCUT2D eigenvalue weighted by molar-refractivity contribution is 9.10. The Morgan fingerprint density at radius 1 is 1.16 bits per heavy atom. The van der Waals surface area contributed by atoms with Gasteiger partial charge in [-0.1, -0.05) is 0 Å². The lowest BCUT2D eigenvalue weighted by atomic mass is 10.2. The van der Waals surface area contributed by atoms with E-state index < -0.39 is 11.9 Å². The molecule has 9 nitrogen and oxygen atoms in total. The lowest BCUT2D eigenvalue weighted by Crippen LogP contribution is -2.16. The van der Waals surface area contributed by atoms with E-state index >= 15 is 0 Å². The average Bonchev–Trinajstić information content (AvgIpc) is 3.21. The summed E-state index contributed by atoms with van der Waals surface area (Å²) in [7, 11) is 2.74. The number of fused-ring (bicyclic) bond motifs is 1. The molecule has 1 amide bonds. The summed E-state index contributed by atoms with van der Waals surface area (Å²) in [5.74, 6) is 0.512. The molecule has 2 aromatic carbocycles. The van der Waals surface area contributed by atoms with Gasteiger partial charge in [0.05, 0.1) is 31.5 Å². The molecular weight excluding hydrogens is 484 g/mol. The number of hydrogen-bond acceptors (Lipinski definition) is 8. The van der Waals surface area contributed by atoms with E-state index in [1.165, 1.54) is 20.4 Å². The second-order valence-electron chi connectivity index (χ2n) is 6.34. The number of furan rings is 1. The highest BCUT2D eigenvalue weighted by Crippen LogP contribution is 2.36. The second-order valence-corrected chi connectivity index (χ2v) is 7.20. The van der Waals surface area contributed by atoms with Gasteiger partial charge >= 0.3 is 11.9 Å². The number of carbonyl (C=O) groups is 2. The van der Waals surface area contributed by atoms with E-state index in [0.29, 0.717) is 39.5 Å². The zero-order valence-electron chi connectivity index (χ0n) is 17.6. The van der Waals surface area contributed by atoms with Crippen molar-refractivity contribution in [3.05, 3.63) is 52.2 Å². The summed E-state index contributed by atoms with van der Waals surface area (Å²) >= 11 is 3.37. The molecular formula is C22H21BrN2O7. The fourth-order valence-corrected chi connectivity index (χ4v) is 3.33. The summed E-state index contributed by atoms with van der Waals surface area (Å²) in [6.45, 7) is 2.18. The Balaban J connectivity index is 1.69. The predicted octanol–water partition coefficient (Wildman–Crippen LogP) is 3.92. The van der Waals surface area contributed by atoms with E-state index in [9.17, 15) is 9.59 Å². The van der Waals surface area contributed by atoms with Crippen molar-refractivity contribution < 1.29 is 33.0 Å². The van der Waals surface area contributed by atoms with Crippen LogP contribution in [0.25, 0.3) is 11.0 Å². The van der Waals surface area contributed by atoms with Crippen LogP contribution in [0.2, 0.25) is 0 Å². The van der Waals surface area contributed by atoms with E-state index in [4.69, 9.17) is 18.6 Å². The fraction of sp³-hybridized carbons (Fsp3) is 0.227. The molecule has 0 radical (unpaired) electrons. The van der Waals surface area contributed by atoms with Crippen LogP contribution in [0, 0.1) is 0 Å². The summed E-state index contributed by atoms with van der Waals surface area (Å²) < 4.78 is 26.9. The number of rotatable bonds is 9. The first-order valence-corrected chi connectivity index (χ1v) is 10.3. The summed E-state index contributed by atoms with van der Waals surface area (Å²) in [6, 6.07) is 10.3. The van der Waals surface area contributed by atoms with Crippen LogP contribution in [0.4, 0.5) is 0 Å². The molecule has 32 heavy (non-hydrogen) atoms. The molecule has 0 aliphatic rings. The minimum atomic E-state index is -0.521. The maximum atomic E-state index is 12.4. The topological polar surface area (TPSA) is 109 Å². The number of benzene rings is 2. The Morgan fingerprint density at radius 2 is 1.97 bits per heavy atom. The van der Waals surface area contributed by atoms with Crippen LogP contribution in [0.5, 0.6) is 17.2 Å². The second kappa shape index (κ2) is 10.7. The Labute approximate surface area is 192 Å². The molecule has 0 spiro atoms. The monoisotopic (exact) mass is 504 g/mol. The number of esters is 1. The van der Waals surface area contributed by atoms with Crippen molar-refractivity contribution in [2.45, 2.75) is 6.92 Å². The third-order valence-electron chi connectivity index (χ3n) is 4.22.